The van der Waals surface area contributed by atoms with Gasteiger partial charge in [-0.25, -0.2) is 8.78 Å². The molecule has 1 unspecified atom stereocenters. The molecule has 1 aliphatic rings. The number of alkyl halides is 3. The van der Waals surface area contributed by atoms with E-state index >= 15 is 0 Å². The van der Waals surface area contributed by atoms with E-state index in [2.05, 4.69) is 30.4 Å². The van der Waals surface area contributed by atoms with Crippen LogP contribution in [0.1, 0.15) is 75.5 Å². The molecule has 0 saturated heterocycles. The van der Waals surface area contributed by atoms with Crippen LogP contribution in [0, 0.1) is 41.2 Å². The maximum Gasteiger partial charge on any atom is 0.573 e. The van der Waals surface area contributed by atoms with Crippen LogP contribution in [0.5, 0.6) is 5.75 Å². The van der Waals surface area contributed by atoms with Crippen molar-refractivity contribution in [2.45, 2.75) is 71.6 Å². The van der Waals surface area contributed by atoms with Crippen molar-refractivity contribution in [2.24, 2.45) is 17.8 Å². The van der Waals surface area contributed by atoms with Gasteiger partial charge in [0.15, 0.2) is 11.6 Å². The van der Waals surface area contributed by atoms with Crippen LogP contribution in [0.2, 0.25) is 0 Å². The highest BCUT2D eigenvalue weighted by atomic mass is 19.4. The third-order valence-corrected chi connectivity index (χ3v) is 6.74. The first-order valence-electron chi connectivity index (χ1n) is 12.0. The number of hydrogen-bond donors (Lipinski definition) is 0. The average Bonchev–Trinajstić information content (AvgIpc) is 2.79. The van der Waals surface area contributed by atoms with Crippen LogP contribution in [0.15, 0.2) is 36.4 Å². The monoisotopic (exact) mass is 478 g/mol. The zero-order valence-electron chi connectivity index (χ0n) is 19.7. The minimum absolute atomic E-state index is 0.0724. The molecule has 1 saturated carbocycles. The summed E-state index contributed by atoms with van der Waals surface area (Å²) in [6.07, 6.45) is 5.08. The van der Waals surface area contributed by atoms with Gasteiger partial charge in [-0.15, -0.1) is 13.2 Å². The summed E-state index contributed by atoms with van der Waals surface area (Å²) in [7, 11) is 0. The Balaban J connectivity index is 1.57. The van der Waals surface area contributed by atoms with Crippen molar-refractivity contribution in [1.29, 1.82) is 0 Å². The molecule has 0 N–H and O–H groups in total. The molecule has 1 fully saturated rings. The van der Waals surface area contributed by atoms with E-state index in [1.54, 1.807) is 0 Å². The maximum atomic E-state index is 13.8. The number of rotatable bonds is 7. The van der Waals surface area contributed by atoms with Crippen molar-refractivity contribution < 1.29 is 26.7 Å². The fourth-order valence-corrected chi connectivity index (χ4v) is 4.79. The summed E-state index contributed by atoms with van der Waals surface area (Å²) < 4.78 is 67.9. The van der Waals surface area contributed by atoms with Gasteiger partial charge in [-0.1, -0.05) is 69.9 Å². The molecule has 0 radical (unpaired) electrons. The molecule has 1 atom stereocenters. The number of unbranched alkanes of at least 4 members (excludes halogenated alkanes) is 1. The van der Waals surface area contributed by atoms with E-state index < -0.39 is 23.7 Å². The molecule has 0 aliphatic heterocycles. The molecular weight excluding hydrogens is 447 g/mol. The first-order chi connectivity index (χ1) is 16.1. The quantitative estimate of drug-likeness (QED) is 0.287. The Hall–Kier alpha value is -2.55. The van der Waals surface area contributed by atoms with Gasteiger partial charge >= 0.3 is 6.36 Å². The zero-order chi connectivity index (χ0) is 24.7. The third-order valence-electron chi connectivity index (χ3n) is 6.74. The Labute approximate surface area is 198 Å². The summed E-state index contributed by atoms with van der Waals surface area (Å²) in [6, 6.07) is 9.17. The highest BCUT2D eigenvalue weighted by molar-refractivity contribution is 5.46. The predicted molar refractivity (Wildman–Crippen MR) is 123 cm³/mol. The van der Waals surface area contributed by atoms with Gasteiger partial charge in [-0.3, -0.25) is 0 Å². The van der Waals surface area contributed by atoms with Gasteiger partial charge in [-0.2, -0.15) is 0 Å². The lowest BCUT2D eigenvalue weighted by Gasteiger charge is -2.32. The average molecular weight is 479 g/mol. The maximum absolute atomic E-state index is 13.8. The fourth-order valence-electron chi connectivity index (χ4n) is 4.79. The van der Waals surface area contributed by atoms with E-state index in [9.17, 15) is 22.0 Å². The molecule has 0 aromatic heterocycles. The Morgan fingerprint density at radius 1 is 0.941 bits per heavy atom. The molecule has 34 heavy (non-hydrogen) atoms. The Bertz CT molecular complexity index is 969. The molecule has 2 aromatic carbocycles. The number of hydrogen-bond acceptors (Lipinski definition) is 1. The van der Waals surface area contributed by atoms with Crippen LogP contribution in [0.3, 0.4) is 0 Å². The highest BCUT2D eigenvalue weighted by Crippen LogP contribution is 2.36. The second-order valence-corrected chi connectivity index (χ2v) is 9.37. The van der Waals surface area contributed by atoms with E-state index in [-0.39, 0.29) is 5.56 Å². The lowest BCUT2D eigenvalue weighted by molar-refractivity contribution is -0.276. The fraction of sp³-hybridized carbons (Fsp3) is 0.500. The minimum Gasteiger partial charge on any atom is -0.399 e. The van der Waals surface area contributed by atoms with Gasteiger partial charge in [0.25, 0.3) is 0 Å². The summed E-state index contributed by atoms with van der Waals surface area (Å²) in [6.45, 7) is 4.57. The van der Waals surface area contributed by atoms with Crippen molar-refractivity contribution in [1.82, 2.24) is 0 Å². The molecule has 1 nitrogen and oxygen atoms in total. The van der Waals surface area contributed by atoms with Crippen LogP contribution in [0.25, 0.3) is 0 Å². The summed E-state index contributed by atoms with van der Waals surface area (Å²) in [5, 5.41) is 0. The predicted octanol–water partition coefficient (Wildman–Crippen LogP) is 8.44. The van der Waals surface area contributed by atoms with E-state index in [4.69, 9.17) is 0 Å². The molecule has 0 heterocycles. The van der Waals surface area contributed by atoms with Gasteiger partial charge in [0.1, 0.15) is 0 Å². The highest BCUT2D eigenvalue weighted by Gasteiger charge is 2.34. The first kappa shape index (κ1) is 26.1. The molecule has 3 rings (SSSR count). The zero-order valence-corrected chi connectivity index (χ0v) is 19.7. The smallest absolute Gasteiger partial charge is 0.399 e. The van der Waals surface area contributed by atoms with Crippen molar-refractivity contribution in [3.05, 3.63) is 64.7 Å². The van der Waals surface area contributed by atoms with Gasteiger partial charge in [0.2, 0.25) is 5.75 Å². The lowest BCUT2D eigenvalue weighted by atomic mass is 9.73. The van der Waals surface area contributed by atoms with Gasteiger partial charge in [0, 0.05) is 11.1 Å². The van der Waals surface area contributed by atoms with Crippen molar-refractivity contribution in [2.75, 3.05) is 0 Å². The lowest BCUT2D eigenvalue weighted by Crippen LogP contribution is -2.21. The van der Waals surface area contributed by atoms with E-state index in [1.165, 1.54) is 50.5 Å². The number of ether oxygens (including phenoxy) is 1. The van der Waals surface area contributed by atoms with Crippen LogP contribution >= 0.6 is 0 Å². The van der Waals surface area contributed by atoms with Crippen LogP contribution in [0.4, 0.5) is 22.0 Å². The molecule has 1 aliphatic carbocycles. The standard InChI is InChI=1S/C28H31F5O/c1-3-4-5-20-12-14-24(15-13-20)19(2)16-22-9-6-21(7-10-22)8-11-23-17-25(29)27(26(30)18-23)34-28(31,32)33/h6-7,9-10,17-20,24H,3-5,12-16H2,1-2H3. The summed E-state index contributed by atoms with van der Waals surface area (Å²) >= 11 is 0. The molecular formula is C28H31F5O. The van der Waals surface area contributed by atoms with E-state index in [0.29, 0.717) is 11.5 Å². The third kappa shape index (κ3) is 7.75. The van der Waals surface area contributed by atoms with Gasteiger partial charge < -0.3 is 4.74 Å². The van der Waals surface area contributed by atoms with Crippen LogP contribution in [-0.4, -0.2) is 6.36 Å². The number of benzene rings is 2. The molecule has 0 spiro atoms. The van der Waals surface area contributed by atoms with Crippen LogP contribution < -0.4 is 4.74 Å². The summed E-state index contributed by atoms with van der Waals surface area (Å²) in [4.78, 5) is 0. The second-order valence-electron chi connectivity index (χ2n) is 9.37. The van der Waals surface area contributed by atoms with Crippen molar-refractivity contribution in [3.63, 3.8) is 0 Å². The SMILES string of the molecule is CCCCC1CCC(C(C)Cc2ccc(C#Cc3cc(F)c(OC(F)(F)F)c(F)c3)cc2)CC1. The van der Waals surface area contributed by atoms with E-state index in [0.717, 1.165) is 30.4 Å². The van der Waals surface area contributed by atoms with Crippen LogP contribution in [-0.2, 0) is 6.42 Å². The second kappa shape index (κ2) is 11.7. The summed E-state index contributed by atoms with van der Waals surface area (Å²) in [5.41, 5.74) is 1.80. The minimum atomic E-state index is -5.18. The first-order valence-corrected chi connectivity index (χ1v) is 12.0. The van der Waals surface area contributed by atoms with Crippen molar-refractivity contribution >= 4 is 0 Å². The van der Waals surface area contributed by atoms with Gasteiger partial charge in [-0.05, 0) is 66.8 Å². The molecule has 2 aromatic rings. The molecule has 0 bridgehead atoms. The normalized spacial score (nSPS) is 19.3. The topological polar surface area (TPSA) is 9.23 Å². The van der Waals surface area contributed by atoms with Gasteiger partial charge in [0.05, 0.1) is 0 Å². The Kier molecular flexibility index (Phi) is 8.99. The van der Waals surface area contributed by atoms with Crippen molar-refractivity contribution in [3.8, 4) is 17.6 Å². The largest absolute Gasteiger partial charge is 0.573 e. The molecule has 6 heteroatoms. The summed E-state index contributed by atoms with van der Waals surface area (Å²) in [5.74, 6) is 3.27. The Morgan fingerprint density at radius 2 is 1.53 bits per heavy atom. The molecule has 0 amide bonds. The number of halogens is 5. The molecule has 184 valence electrons. The van der Waals surface area contributed by atoms with E-state index in [1.807, 2.05) is 24.3 Å². The Morgan fingerprint density at radius 3 is 2.09 bits per heavy atom.